The highest BCUT2D eigenvalue weighted by molar-refractivity contribution is 5.68. The van der Waals surface area contributed by atoms with Gasteiger partial charge in [0.25, 0.3) is 0 Å². The van der Waals surface area contributed by atoms with Crippen molar-refractivity contribution in [3.8, 4) is 6.07 Å². The van der Waals surface area contributed by atoms with Gasteiger partial charge in [-0.3, -0.25) is 4.90 Å². The molecule has 4 rings (SSSR count). The van der Waals surface area contributed by atoms with Gasteiger partial charge in [0.1, 0.15) is 6.10 Å². The maximum absolute atomic E-state index is 12.9. The fourth-order valence-electron chi connectivity index (χ4n) is 5.28. The van der Waals surface area contributed by atoms with Gasteiger partial charge in [-0.15, -0.1) is 0 Å². The normalized spacial score (nSPS) is 23.6. The van der Waals surface area contributed by atoms with Crippen LogP contribution in [-0.4, -0.2) is 57.7 Å². The predicted octanol–water partition coefficient (Wildman–Crippen LogP) is 4.52. The van der Waals surface area contributed by atoms with Crippen molar-refractivity contribution < 1.29 is 9.53 Å². The number of carbonyl (C=O) groups is 1. The number of amides is 1. The Balaban J connectivity index is 1.28. The maximum atomic E-state index is 12.9. The summed E-state index contributed by atoms with van der Waals surface area (Å²) in [5, 5.41) is 8.99. The lowest BCUT2D eigenvalue weighted by Crippen LogP contribution is -2.50. The Hall–Kier alpha value is -2.85. The highest BCUT2D eigenvalue weighted by Crippen LogP contribution is 2.35. The molecule has 0 radical (unpaired) electrons. The maximum Gasteiger partial charge on any atom is 0.410 e. The molecule has 7 nitrogen and oxygen atoms in total. The third-order valence-corrected chi connectivity index (χ3v) is 7.46. The molecule has 2 heterocycles. The van der Waals surface area contributed by atoms with Crippen molar-refractivity contribution in [3.63, 3.8) is 0 Å². The molecule has 7 heteroatoms. The molecule has 1 aromatic heterocycles. The van der Waals surface area contributed by atoms with Gasteiger partial charge in [0.2, 0.25) is 0 Å². The summed E-state index contributed by atoms with van der Waals surface area (Å²) in [7, 11) is 0. The third kappa shape index (κ3) is 5.98. The molecule has 1 aliphatic heterocycles. The van der Waals surface area contributed by atoms with Crippen LogP contribution in [-0.2, 0) is 17.8 Å². The second kappa shape index (κ2) is 11.1. The molecule has 1 amide bonds. The molecule has 0 N–H and O–H groups in total. The quantitative estimate of drug-likeness (QED) is 0.630. The second-order valence-corrected chi connectivity index (χ2v) is 10.3. The van der Waals surface area contributed by atoms with Crippen LogP contribution in [0.3, 0.4) is 0 Å². The zero-order valence-corrected chi connectivity index (χ0v) is 20.7. The van der Waals surface area contributed by atoms with Gasteiger partial charge >= 0.3 is 6.09 Å². The standard InChI is InChI=1S/C27H37N5O2/c1-20(2)25-9-4-21(3)14-26(25)34-27(33)31-12-10-30(11-13-31)18-24-16-29-19-32(24)17-23-7-5-22(15-28)6-8-23/h5-8,16,19-21,25-26H,4,9-14,17-18H2,1-3H3/t21-,25-,26-/m1/s1. The first-order chi connectivity index (χ1) is 16.4. The molecule has 0 bridgehead atoms. The van der Waals surface area contributed by atoms with Crippen LogP contribution in [0.5, 0.6) is 0 Å². The van der Waals surface area contributed by atoms with Crippen LogP contribution in [0.2, 0.25) is 0 Å². The monoisotopic (exact) mass is 463 g/mol. The highest BCUT2D eigenvalue weighted by Gasteiger charge is 2.35. The van der Waals surface area contributed by atoms with E-state index in [9.17, 15) is 4.79 Å². The molecule has 3 atom stereocenters. The third-order valence-electron chi connectivity index (χ3n) is 7.46. The minimum absolute atomic E-state index is 0.0471. The van der Waals surface area contributed by atoms with Gasteiger partial charge in [-0.1, -0.05) is 39.3 Å². The Morgan fingerprint density at radius 2 is 1.88 bits per heavy atom. The predicted molar refractivity (Wildman–Crippen MR) is 131 cm³/mol. The Kier molecular flexibility index (Phi) is 7.89. The van der Waals surface area contributed by atoms with E-state index in [0.29, 0.717) is 36.4 Å². The second-order valence-electron chi connectivity index (χ2n) is 10.3. The summed E-state index contributed by atoms with van der Waals surface area (Å²) in [5.74, 6) is 1.63. The van der Waals surface area contributed by atoms with E-state index in [4.69, 9.17) is 10.00 Å². The minimum Gasteiger partial charge on any atom is -0.446 e. The molecule has 34 heavy (non-hydrogen) atoms. The fourth-order valence-corrected chi connectivity index (χ4v) is 5.28. The van der Waals surface area contributed by atoms with Crippen LogP contribution >= 0.6 is 0 Å². The van der Waals surface area contributed by atoms with E-state index in [2.05, 4.69) is 41.3 Å². The Morgan fingerprint density at radius 3 is 2.56 bits per heavy atom. The van der Waals surface area contributed by atoms with Crippen molar-refractivity contribution in [3.05, 3.63) is 53.6 Å². The van der Waals surface area contributed by atoms with E-state index in [1.807, 2.05) is 41.7 Å². The summed E-state index contributed by atoms with van der Waals surface area (Å²) in [6, 6.07) is 9.84. The molecule has 0 spiro atoms. The molecule has 1 saturated carbocycles. The average Bonchev–Trinajstić information content (AvgIpc) is 3.26. The van der Waals surface area contributed by atoms with Crippen LogP contribution in [0, 0.1) is 29.1 Å². The smallest absolute Gasteiger partial charge is 0.410 e. The van der Waals surface area contributed by atoms with Gasteiger partial charge in [-0.2, -0.15) is 5.26 Å². The summed E-state index contributed by atoms with van der Waals surface area (Å²) in [5.41, 5.74) is 2.96. The van der Waals surface area contributed by atoms with Gasteiger partial charge in [0, 0.05) is 45.5 Å². The van der Waals surface area contributed by atoms with Gasteiger partial charge in [0.05, 0.1) is 23.7 Å². The Bertz CT molecular complexity index is 985. The molecular weight excluding hydrogens is 426 g/mol. The van der Waals surface area contributed by atoms with Gasteiger partial charge in [-0.25, -0.2) is 9.78 Å². The summed E-state index contributed by atoms with van der Waals surface area (Å²) in [4.78, 5) is 21.5. The summed E-state index contributed by atoms with van der Waals surface area (Å²) < 4.78 is 8.20. The van der Waals surface area contributed by atoms with Crippen LogP contribution < -0.4 is 0 Å². The largest absolute Gasteiger partial charge is 0.446 e. The number of aromatic nitrogens is 2. The van der Waals surface area contributed by atoms with Crippen molar-refractivity contribution in [2.24, 2.45) is 17.8 Å². The van der Waals surface area contributed by atoms with Crippen LogP contribution in [0.25, 0.3) is 0 Å². The average molecular weight is 464 g/mol. The van der Waals surface area contributed by atoms with E-state index in [0.717, 1.165) is 50.3 Å². The number of piperazine rings is 1. The van der Waals surface area contributed by atoms with Crippen LogP contribution in [0.15, 0.2) is 36.8 Å². The Labute approximate surface area is 203 Å². The number of benzene rings is 1. The van der Waals surface area contributed by atoms with E-state index < -0.39 is 0 Å². The van der Waals surface area contributed by atoms with Gasteiger partial charge in [0.15, 0.2) is 0 Å². The minimum atomic E-state index is -0.143. The fraction of sp³-hybridized carbons (Fsp3) is 0.593. The number of hydrogen-bond acceptors (Lipinski definition) is 5. The van der Waals surface area contributed by atoms with Crippen LogP contribution in [0.4, 0.5) is 4.79 Å². The molecule has 2 fully saturated rings. The number of ether oxygens (including phenoxy) is 1. The molecule has 2 aliphatic rings. The number of rotatable bonds is 6. The summed E-state index contributed by atoms with van der Waals surface area (Å²) in [6.07, 6.45) is 7.05. The molecule has 0 unspecified atom stereocenters. The molecule has 1 aromatic carbocycles. The molecule has 2 aromatic rings. The van der Waals surface area contributed by atoms with E-state index in [1.54, 1.807) is 0 Å². The molecular formula is C27H37N5O2. The van der Waals surface area contributed by atoms with E-state index >= 15 is 0 Å². The van der Waals surface area contributed by atoms with Crippen molar-refractivity contribution in [2.75, 3.05) is 26.2 Å². The van der Waals surface area contributed by atoms with Gasteiger partial charge in [-0.05, 0) is 48.3 Å². The highest BCUT2D eigenvalue weighted by atomic mass is 16.6. The number of nitrogens with zero attached hydrogens (tertiary/aromatic N) is 5. The zero-order chi connectivity index (χ0) is 24.1. The molecule has 1 saturated heterocycles. The topological polar surface area (TPSA) is 74.4 Å². The lowest BCUT2D eigenvalue weighted by atomic mass is 9.75. The lowest BCUT2D eigenvalue weighted by molar-refractivity contribution is -0.0161. The van der Waals surface area contributed by atoms with Crippen molar-refractivity contribution in [1.82, 2.24) is 19.4 Å². The molecule has 1 aliphatic carbocycles. The number of imidazole rings is 1. The lowest BCUT2D eigenvalue weighted by Gasteiger charge is -2.39. The number of carbonyl (C=O) groups excluding carboxylic acids is 1. The first-order valence-electron chi connectivity index (χ1n) is 12.6. The van der Waals surface area contributed by atoms with Crippen molar-refractivity contribution >= 4 is 6.09 Å². The number of nitriles is 1. The first kappa shape index (κ1) is 24.3. The van der Waals surface area contributed by atoms with Crippen molar-refractivity contribution in [2.45, 2.75) is 59.2 Å². The summed E-state index contributed by atoms with van der Waals surface area (Å²) in [6.45, 7) is 11.3. The summed E-state index contributed by atoms with van der Waals surface area (Å²) >= 11 is 0. The Morgan fingerprint density at radius 1 is 1.15 bits per heavy atom. The van der Waals surface area contributed by atoms with E-state index in [1.165, 1.54) is 6.42 Å². The van der Waals surface area contributed by atoms with Crippen LogP contribution in [0.1, 0.15) is 56.9 Å². The van der Waals surface area contributed by atoms with Gasteiger partial charge < -0.3 is 14.2 Å². The zero-order valence-electron chi connectivity index (χ0n) is 20.7. The molecule has 182 valence electrons. The van der Waals surface area contributed by atoms with E-state index in [-0.39, 0.29) is 12.2 Å². The SMILES string of the molecule is CC(C)[C@H]1CC[C@@H](C)C[C@H]1OC(=O)N1CCN(Cc2cncn2Cc2ccc(C#N)cc2)CC1. The first-order valence-corrected chi connectivity index (χ1v) is 12.6. The number of hydrogen-bond donors (Lipinski definition) is 0. The van der Waals surface area contributed by atoms with Crippen molar-refractivity contribution in [1.29, 1.82) is 5.26 Å².